The second-order valence-electron chi connectivity index (χ2n) is 4.27. The summed E-state index contributed by atoms with van der Waals surface area (Å²) >= 11 is 1.75. The lowest BCUT2D eigenvalue weighted by molar-refractivity contribution is 1.14. The van der Waals surface area contributed by atoms with Crippen molar-refractivity contribution in [3.8, 4) is 0 Å². The Labute approximate surface area is 116 Å². The lowest BCUT2D eigenvalue weighted by atomic mass is 10.2. The van der Waals surface area contributed by atoms with Crippen LogP contribution in [0, 0.1) is 0 Å². The zero-order chi connectivity index (χ0) is 13.1. The third-order valence-electron chi connectivity index (χ3n) is 3.11. The quantitative estimate of drug-likeness (QED) is 0.706. The average Bonchev–Trinajstić information content (AvgIpc) is 2.89. The van der Waals surface area contributed by atoms with E-state index in [1.54, 1.807) is 18.0 Å². The van der Waals surface area contributed by atoms with Crippen LogP contribution in [0.4, 0.5) is 5.69 Å². The molecular weight excluding hydrogens is 254 g/mol. The van der Waals surface area contributed by atoms with Crippen LogP contribution in [0.1, 0.15) is 5.56 Å². The highest BCUT2D eigenvalue weighted by molar-refractivity contribution is 7.98. The van der Waals surface area contributed by atoms with E-state index in [4.69, 9.17) is 0 Å². The molecule has 0 aliphatic rings. The number of anilines is 1. The molecule has 2 aromatic heterocycles. The number of aromatic amines is 1. The first-order chi connectivity index (χ1) is 9.38. The van der Waals surface area contributed by atoms with Gasteiger partial charge in [0.15, 0.2) is 0 Å². The van der Waals surface area contributed by atoms with Gasteiger partial charge in [0.25, 0.3) is 0 Å². The topological polar surface area (TPSA) is 40.7 Å². The lowest BCUT2D eigenvalue weighted by Crippen LogP contribution is -1.99. The van der Waals surface area contributed by atoms with Crippen molar-refractivity contribution in [2.45, 2.75) is 11.4 Å². The molecule has 2 heterocycles. The van der Waals surface area contributed by atoms with Gasteiger partial charge in [0, 0.05) is 34.9 Å². The first-order valence-corrected chi connectivity index (χ1v) is 7.39. The van der Waals surface area contributed by atoms with Gasteiger partial charge in [0.1, 0.15) is 5.65 Å². The second kappa shape index (κ2) is 5.36. The first kappa shape index (κ1) is 12.1. The van der Waals surface area contributed by atoms with E-state index < -0.39 is 0 Å². The number of hydrogen-bond acceptors (Lipinski definition) is 3. The van der Waals surface area contributed by atoms with Gasteiger partial charge in [-0.15, -0.1) is 11.8 Å². The maximum absolute atomic E-state index is 4.30. The Morgan fingerprint density at radius 2 is 2.11 bits per heavy atom. The van der Waals surface area contributed by atoms with E-state index in [-0.39, 0.29) is 0 Å². The van der Waals surface area contributed by atoms with Gasteiger partial charge < -0.3 is 10.3 Å². The van der Waals surface area contributed by atoms with E-state index in [9.17, 15) is 0 Å². The Hall–Kier alpha value is -1.94. The number of rotatable bonds is 4. The number of benzene rings is 1. The molecule has 4 heteroatoms. The highest BCUT2D eigenvalue weighted by Crippen LogP contribution is 2.25. The normalized spacial score (nSPS) is 10.8. The molecule has 0 bridgehead atoms. The van der Waals surface area contributed by atoms with Crippen molar-refractivity contribution >= 4 is 28.5 Å². The van der Waals surface area contributed by atoms with Crippen molar-refractivity contribution in [1.82, 2.24) is 9.97 Å². The largest absolute Gasteiger partial charge is 0.380 e. The molecular formula is C15H15N3S. The molecule has 0 aliphatic heterocycles. The van der Waals surface area contributed by atoms with E-state index in [1.807, 2.05) is 12.3 Å². The second-order valence-corrected chi connectivity index (χ2v) is 5.12. The minimum atomic E-state index is 0.795. The molecule has 0 unspecified atom stereocenters. The van der Waals surface area contributed by atoms with Crippen LogP contribution >= 0.6 is 11.8 Å². The number of para-hydroxylation sites is 1. The molecule has 3 aromatic rings. The van der Waals surface area contributed by atoms with Crippen LogP contribution in [0.3, 0.4) is 0 Å². The van der Waals surface area contributed by atoms with Crippen LogP contribution in [0.25, 0.3) is 11.0 Å². The predicted octanol–water partition coefficient (Wildman–Crippen LogP) is 3.90. The zero-order valence-electron chi connectivity index (χ0n) is 10.7. The summed E-state index contributed by atoms with van der Waals surface area (Å²) in [6, 6.07) is 12.4. The van der Waals surface area contributed by atoms with Gasteiger partial charge in [-0.2, -0.15) is 0 Å². The Morgan fingerprint density at radius 1 is 1.21 bits per heavy atom. The summed E-state index contributed by atoms with van der Waals surface area (Å²) in [7, 11) is 0. The van der Waals surface area contributed by atoms with Gasteiger partial charge in [-0.1, -0.05) is 12.1 Å². The third-order valence-corrected chi connectivity index (χ3v) is 3.91. The first-order valence-electron chi connectivity index (χ1n) is 6.16. The zero-order valence-corrected chi connectivity index (χ0v) is 11.5. The fraction of sp³-hybridized carbons (Fsp3) is 0.133. The van der Waals surface area contributed by atoms with Gasteiger partial charge in [-0.05, 0) is 36.1 Å². The predicted molar refractivity (Wildman–Crippen MR) is 81.6 cm³/mol. The van der Waals surface area contributed by atoms with Crippen LogP contribution in [0.2, 0.25) is 0 Å². The minimum Gasteiger partial charge on any atom is -0.380 e. The molecule has 0 saturated heterocycles. The maximum atomic E-state index is 4.30. The highest BCUT2D eigenvalue weighted by Gasteiger charge is 2.05. The number of aromatic nitrogens is 2. The number of H-pyrrole nitrogens is 1. The third kappa shape index (κ3) is 2.44. The summed E-state index contributed by atoms with van der Waals surface area (Å²) in [5.41, 5.74) is 3.35. The van der Waals surface area contributed by atoms with Crippen LogP contribution in [0.15, 0.2) is 53.7 Å². The number of nitrogens with one attached hydrogen (secondary N) is 2. The molecule has 0 fully saturated rings. The van der Waals surface area contributed by atoms with Gasteiger partial charge in [-0.3, -0.25) is 0 Å². The van der Waals surface area contributed by atoms with Crippen molar-refractivity contribution in [3.05, 3.63) is 54.4 Å². The number of hydrogen-bond donors (Lipinski definition) is 2. The molecule has 0 spiro atoms. The molecule has 96 valence electrons. The fourth-order valence-electron chi connectivity index (χ4n) is 2.14. The van der Waals surface area contributed by atoms with Gasteiger partial charge in [0.05, 0.1) is 0 Å². The van der Waals surface area contributed by atoms with Crippen LogP contribution in [-0.2, 0) is 6.54 Å². The molecule has 0 atom stereocenters. The molecule has 19 heavy (non-hydrogen) atoms. The molecule has 3 nitrogen and oxygen atoms in total. The standard InChI is InChI=1S/C15H15N3S/c1-19-14-7-3-2-6-13(14)17-9-11-10-18-15-12(11)5-4-8-16-15/h2-8,10,17H,9H2,1H3,(H,16,18). The van der Waals surface area contributed by atoms with Crippen LogP contribution in [0.5, 0.6) is 0 Å². The summed E-state index contributed by atoms with van der Waals surface area (Å²) < 4.78 is 0. The fourth-order valence-corrected chi connectivity index (χ4v) is 2.71. The smallest absolute Gasteiger partial charge is 0.137 e. The van der Waals surface area contributed by atoms with Crippen LogP contribution in [-0.4, -0.2) is 16.2 Å². The SMILES string of the molecule is CSc1ccccc1NCc1c[nH]c2ncccc12. The average molecular weight is 269 g/mol. The van der Waals surface area contributed by atoms with Crippen molar-refractivity contribution in [2.24, 2.45) is 0 Å². The minimum absolute atomic E-state index is 0.795. The van der Waals surface area contributed by atoms with Crippen molar-refractivity contribution in [1.29, 1.82) is 0 Å². The molecule has 0 amide bonds. The maximum Gasteiger partial charge on any atom is 0.137 e. The number of thioether (sulfide) groups is 1. The van der Waals surface area contributed by atoms with Crippen molar-refractivity contribution in [2.75, 3.05) is 11.6 Å². The Morgan fingerprint density at radius 3 is 3.00 bits per heavy atom. The molecule has 1 aromatic carbocycles. The van der Waals surface area contributed by atoms with E-state index in [2.05, 4.69) is 51.9 Å². The Balaban J connectivity index is 1.82. The molecule has 0 radical (unpaired) electrons. The van der Waals surface area contributed by atoms with Crippen molar-refractivity contribution in [3.63, 3.8) is 0 Å². The Bertz CT molecular complexity index is 690. The summed E-state index contributed by atoms with van der Waals surface area (Å²) in [6.07, 6.45) is 5.92. The number of fused-ring (bicyclic) bond motifs is 1. The van der Waals surface area contributed by atoms with E-state index in [0.717, 1.165) is 12.2 Å². The molecule has 3 rings (SSSR count). The number of nitrogens with zero attached hydrogens (tertiary/aromatic N) is 1. The number of pyridine rings is 1. The van der Waals surface area contributed by atoms with Crippen LogP contribution < -0.4 is 5.32 Å². The highest BCUT2D eigenvalue weighted by atomic mass is 32.2. The molecule has 0 saturated carbocycles. The molecule has 0 aliphatic carbocycles. The summed E-state index contributed by atoms with van der Waals surface area (Å²) in [6.45, 7) is 0.795. The summed E-state index contributed by atoms with van der Waals surface area (Å²) in [5, 5.41) is 4.67. The Kier molecular flexibility index (Phi) is 3.42. The van der Waals surface area contributed by atoms with Gasteiger partial charge >= 0.3 is 0 Å². The van der Waals surface area contributed by atoms with Crippen molar-refractivity contribution < 1.29 is 0 Å². The van der Waals surface area contributed by atoms with Gasteiger partial charge in [-0.25, -0.2) is 4.98 Å². The van der Waals surface area contributed by atoms with E-state index in [1.165, 1.54) is 21.5 Å². The van der Waals surface area contributed by atoms with E-state index >= 15 is 0 Å². The van der Waals surface area contributed by atoms with Gasteiger partial charge in [0.2, 0.25) is 0 Å². The monoisotopic (exact) mass is 269 g/mol. The van der Waals surface area contributed by atoms with E-state index in [0.29, 0.717) is 0 Å². The lowest BCUT2D eigenvalue weighted by Gasteiger charge is -2.09. The summed E-state index contributed by atoms with van der Waals surface area (Å²) in [5.74, 6) is 0. The molecule has 2 N–H and O–H groups in total. The summed E-state index contributed by atoms with van der Waals surface area (Å²) in [4.78, 5) is 8.76.